The van der Waals surface area contributed by atoms with Crippen LogP contribution < -0.4 is 9.47 Å². The van der Waals surface area contributed by atoms with Gasteiger partial charge in [0.15, 0.2) is 6.10 Å². The van der Waals surface area contributed by atoms with Crippen LogP contribution in [0.1, 0.15) is 48.4 Å². The van der Waals surface area contributed by atoms with E-state index >= 15 is 0 Å². The summed E-state index contributed by atoms with van der Waals surface area (Å²) in [4.78, 5) is 11.4. The summed E-state index contributed by atoms with van der Waals surface area (Å²) in [5.74, 6) is 0.760. The number of carboxylic acid groups (broad SMARTS) is 1. The molecular weight excluding hydrogens is 440 g/mol. The van der Waals surface area contributed by atoms with Gasteiger partial charge in [0, 0.05) is 18.6 Å². The second-order valence-corrected chi connectivity index (χ2v) is 8.60. The smallest absolute Gasteiger partial charge is 0.333 e. The molecule has 0 saturated carbocycles. The average Bonchev–Trinajstić information content (AvgIpc) is 3.04. The number of unbranched alkanes of at least 4 members (excludes halogenated alkanes) is 1. The van der Waals surface area contributed by atoms with E-state index in [0.29, 0.717) is 26.2 Å². The van der Waals surface area contributed by atoms with Crippen molar-refractivity contribution in [3.8, 4) is 11.5 Å². The minimum atomic E-state index is -0.932. The standard InChI is InChI=1S/C30H32O5/c1-2-18-34-29(30(31)32)20-22-14-16-24(17-15-22)33-19-8-7-11-26-25-10-4-3-9-23(25)21-35-28-13-6-5-12-27(26)28/h3-6,9-17,29H,2,7-8,18-21H2,1H3,(H,31,32)/b26-11-. The average molecular weight is 473 g/mol. The van der Waals surface area contributed by atoms with E-state index in [1.54, 1.807) is 0 Å². The first kappa shape index (κ1) is 24.6. The Morgan fingerprint density at radius 1 is 1.00 bits per heavy atom. The van der Waals surface area contributed by atoms with Gasteiger partial charge in [-0.1, -0.05) is 67.6 Å². The van der Waals surface area contributed by atoms with Gasteiger partial charge in [-0.3, -0.25) is 0 Å². The zero-order valence-electron chi connectivity index (χ0n) is 20.1. The SMILES string of the molecule is CCCOC(Cc1ccc(OCCC/C=C2/c3ccccc3COc3ccccc32)cc1)C(=O)O. The summed E-state index contributed by atoms with van der Waals surface area (Å²) in [6.07, 6.45) is 4.35. The Hall–Kier alpha value is -3.57. The Balaban J connectivity index is 1.33. The van der Waals surface area contributed by atoms with Gasteiger partial charge in [0.05, 0.1) is 6.61 Å². The quantitative estimate of drug-likeness (QED) is 0.332. The van der Waals surface area contributed by atoms with Crippen LogP contribution in [0.2, 0.25) is 0 Å². The van der Waals surface area contributed by atoms with Crippen LogP contribution in [-0.2, 0) is 22.6 Å². The van der Waals surface area contributed by atoms with Crippen LogP contribution in [0, 0.1) is 0 Å². The van der Waals surface area contributed by atoms with Crippen molar-refractivity contribution in [1.29, 1.82) is 0 Å². The van der Waals surface area contributed by atoms with E-state index < -0.39 is 12.1 Å². The lowest BCUT2D eigenvalue weighted by Gasteiger charge is -2.13. The third-order valence-electron chi connectivity index (χ3n) is 5.98. The van der Waals surface area contributed by atoms with E-state index in [9.17, 15) is 9.90 Å². The molecule has 1 heterocycles. The highest BCUT2D eigenvalue weighted by atomic mass is 16.5. The van der Waals surface area contributed by atoms with Gasteiger partial charge in [0.25, 0.3) is 0 Å². The lowest BCUT2D eigenvalue weighted by Crippen LogP contribution is -2.26. The van der Waals surface area contributed by atoms with Gasteiger partial charge in [0.1, 0.15) is 18.1 Å². The van der Waals surface area contributed by atoms with Crippen molar-refractivity contribution in [3.63, 3.8) is 0 Å². The minimum Gasteiger partial charge on any atom is -0.494 e. The largest absolute Gasteiger partial charge is 0.494 e. The molecule has 4 rings (SSSR count). The van der Waals surface area contributed by atoms with Crippen LogP contribution in [0.3, 0.4) is 0 Å². The van der Waals surface area contributed by atoms with Crippen LogP contribution in [0.5, 0.6) is 11.5 Å². The number of hydrogen-bond donors (Lipinski definition) is 1. The van der Waals surface area contributed by atoms with Crippen molar-refractivity contribution in [2.75, 3.05) is 13.2 Å². The maximum Gasteiger partial charge on any atom is 0.333 e. The van der Waals surface area contributed by atoms with Crippen LogP contribution in [0.4, 0.5) is 0 Å². The summed E-state index contributed by atoms with van der Waals surface area (Å²) in [6.45, 7) is 3.57. The fraction of sp³-hybridized carbons (Fsp3) is 0.300. The summed E-state index contributed by atoms with van der Waals surface area (Å²) in [5.41, 5.74) is 5.65. The Kier molecular flexibility index (Phi) is 8.58. The number of allylic oxidation sites excluding steroid dienone is 1. The minimum absolute atomic E-state index is 0.343. The molecule has 1 N–H and O–H groups in total. The molecule has 0 fully saturated rings. The molecular formula is C30H32O5. The molecule has 0 saturated heterocycles. The predicted octanol–water partition coefficient (Wildman–Crippen LogP) is 6.29. The summed E-state index contributed by atoms with van der Waals surface area (Å²) in [5, 5.41) is 9.34. The summed E-state index contributed by atoms with van der Waals surface area (Å²) in [7, 11) is 0. The third kappa shape index (κ3) is 6.52. The highest BCUT2D eigenvalue weighted by Crippen LogP contribution is 2.36. The first-order valence-corrected chi connectivity index (χ1v) is 12.2. The second kappa shape index (κ2) is 12.2. The molecule has 0 spiro atoms. The van der Waals surface area contributed by atoms with Gasteiger partial charge in [-0.2, -0.15) is 0 Å². The fourth-order valence-corrected chi connectivity index (χ4v) is 4.18. The Bertz CT molecular complexity index is 1100. The number of para-hydroxylation sites is 1. The molecule has 5 heteroatoms. The number of benzene rings is 3. The lowest BCUT2D eigenvalue weighted by atomic mass is 9.93. The first-order valence-electron chi connectivity index (χ1n) is 12.2. The fourth-order valence-electron chi connectivity index (χ4n) is 4.18. The monoisotopic (exact) mass is 472 g/mol. The predicted molar refractivity (Wildman–Crippen MR) is 137 cm³/mol. The maximum atomic E-state index is 11.4. The zero-order chi connectivity index (χ0) is 24.5. The van der Waals surface area contributed by atoms with E-state index in [-0.39, 0.29) is 0 Å². The number of hydrogen-bond acceptors (Lipinski definition) is 4. The summed E-state index contributed by atoms with van der Waals surface area (Å²) in [6, 6.07) is 24.2. The lowest BCUT2D eigenvalue weighted by molar-refractivity contribution is -0.150. The number of aliphatic carboxylic acids is 1. The third-order valence-corrected chi connectivity index (χ3v) is 5.98. The molecule has 0 bridgehead atoms. The number of carboxylic acids is 1. The van der Waals surface area contributed by atoms with E-state index in [2.05, 4.69) is 36.4 Å². The van der Waals surface area contributed by atoms with Crippen LogP contribution in [0.15, 0.2) is 78.9 Å². The van der Waals surface area contributed by atoms with Crippen molar-refractivity contribution in [2.45, 2.75) is 45.3 Å². The van der Waals surface area contributed by atoms with Gasteiger partial charge in [-0.25, -0.2) is 4.79 Å². The van der Waals surface area contributed by atoms with Crippen LogP contribution >= 0.6 is 0 Å². The Morgan fingerprint density at radius 2 is 1.74 bits per heavy atom. The van der Waals surface area contributed by atoms with Crippen molar-refractivity contribution >= 4 is 11.5 Å². The summed E-state index contributed by atoms with van der Waals surface area (Å²) < 4.78 is 17.4. The normalized spacial score (nSPS) is 14.4. The molecule has 1 aliphatic rings. The summed E-state index contributed by atoms with van der Waals surface area (Å²) >= 11 is 0. The van der Waals surface area contributed by atoms with E-state index in [1.807, 2.05) is 49.4 Å². The highest BCUT2D eigenvalue weighted by Gasteiger charge is 2.19. The molecule has 1 atom stereocenters. The van der Waals surface area contributed by atoms with Crippen molar-refractivity contribution in [3.05, 3.63) is 101 Å². The molecule has 35 heavy (non-hydrogen) atoms. The Morgan fingerprint density at radius 3 is 2.51 bits per heavy atom. The molecule has 0 radical (unpaired) electrons. The van der Waals surface area contributed by atoms with Gasteiger partial charge < -0.3 is 19.3 Å². The molecule has 1 unspecified atom stereocenters. The van der Waals surface area contributed by atoms with Crippen molar-refractivity contribution in [1.82, 2.24) is 0 Å². The first-order chi connectivity index (χ1) is 17.2. The molecule has 3 aromatic rings. The van der Waals surface area contributed by atoms with Gasteiger partial charge in [-0.05, 0) is 59.7 Å². The molecule has 5 nitrogen and oxygen atoms in total. The number of fused-ring (bicyclic) bond motifs is 2. The van der Waals surface area contributed by atoms with E-state index in [4.69, 9.17) is 14.2 Å². The second-order valence-electron chi connectivity index (χ2n) is 8.60. The molecule has 1 aliphatic heterocycles. The van der Waals surface area contributed by atoms with Gasteiger partial charge in [0.2, 0.25) is 0 Å². The molecule has 3 aromatic carbocycles. The van der Waals surface area contributed by atoms with Gasteiger partial charge in [-0.15, -0.1) is 0 Å². The maximum absolute atomic E-state index is 11.4. The highest BCUT2D eigenvalue weighted by molar-refractivity contribution is 5.84. The molecule has 182 valence electrons. The van der Waals surface area contributed by atoms with Crippen LogP contribution in [-0.4, -0.2) is 30.4 Å². The van der Waals surface area contributed by atoms with Crippen LogP contribution in [0.25, 0.3) is 5.57 Å². The Labute approximate surface area is 207 Å². The zero-order valence-corrected chi connectivity index (χ0v) is 20.1. The topological polar surface area (TPSA) is 65.0 Å². The van der Waals surface area contributed by atoms with Gasteiger partial charge >= 0.3 is 5.97 Å². The molecule has 0 aliphatic carbocycles. The number of carbonyl (C=O) groups is 1. The van der Waals surface area contributed by atoms with Crippen molar-refractivity contribution < 1.29 is 24.1 Å². The number of rotatable bonds is 11. The molecule has 0 aromatic heterocycles. The number of ether oxygens (including phenoxy) is 3. The van der Waals surface area contributed by atoms with E-state index in [0.717, 1.165) is 41.9 Å². The van der Waals surface area contributed by atoms with E-state index in [1.165, 1.54) is 16.7 Å². The van der Waals surface area contributed by atoms with Crippen molar-refractivity contribution in [2.24, 2.45) is 0 Å². The molecule has 0 amide bonds.